The van der Waals surface area contributed by atoms with Crippen molar-refractivity contribution in [3.63, 3.8) is 0 Å². The van der Waals surface area contributed by atoms with E-state index in [0.717, 1.165) is 6.42 Å². The number of nitrogens with zero attached hydrogens (tertiary/aromatic N) is 1. The summed E-state index contributed by atoms with van der Waals surface area (Å²) in [5, 5.41) is 19.9. The summed E-state index contributed by atoms with van der Waals surface area (Å²) >= 11 is 0. The molecule has 1 aromatic rings. The number of aryl methyl sites for hydroxylation is 1. The Morgan fingerprint density at radius 1 is 1.50 bits per heavy atom. The van der Waals surface area contributed by atoms with E-state index in [9.17, 15) is 15.0 Å². The van der Waals surface area contributed by atoms with Crippen LogP contribution >= 0.6 is 0 Å². The number of hydrogen-bond donors (Lipinski definition) is 2. The molecule has 5 nitrogen and oxygen atoms in total. The Bertz CT molecular complexity index is 490. The highest BCUT2D eigenvalue weighted by atomic mass is 16.5. The molecular formula is C15H23NO4. The van der Waals surface area contributed by atoms with Crippen LogP contribution in [0, 0.1) is 0 Å². The van der Waals surface area contributed by atoms with Crippen molar-refractivity contribution in [1.29, 1.82) is 0 Å². The lowest BCUT2D eigenvalue weighted by Gasteiger charge is -2.13. The van der Waals surface area contributed by atoms with Crippen LogP contribution < -0.4 is 0 Å². The average molecular weight is 281 g/mol. The van der Waals surface area contributed by atoms with Gasteiger partial charge in [0.15, 0.2) is 11.8 Å². The molecule has 0 aliphatic heterocycles. The first-order valence-corrected chi connectivity index (χ1v) is 6.83. The molecule has 1 heterocycles. The molecule has 0 fully saturated rings. The van der Waals surface area contributed by atoms with Gasteiger partial charge in [-0.2, -0.15) is 0 Å². The van der Waals surface area contributed by atoms with Crippen molar-refractivity contribution in [1.82, 2.24) is 4.57 Å². The van der Waals surface area contributed by atoms with Gasteiger partial charge in [0.25, 0.3) is 0 Å². The van der Waals surface area contributed by atoms with Crippen LogP contribution in [0.1, 0.15) is 45.2 Å². The first kappa shape index (κ1) is 16.1. The van der Waals surface area contributed by atoms with Crippen molar-refractivity contribution in [2.24, 2.45) is 0 Å². The number of carbonyl (C=O) groups is 1. The number of ether oxygens (including phenoxy) is 1. The lowest BCUT2D eigenvalue weighted by molar-refractivity contribution is -0.139. The van der Waals surface area contributed by atoms with Gasteiger partial charge in [-0.15, -0.1) is 0 Å². The standard InChI is InChI=1S/C15H23NO4/c1-5-11(4)16-13(17)9-12(14(16)18)7-6-8-20-15(19)10(2)3/h9,11,17-18H,2,5-8H2,1,3-4H3. The summed E-state index contributed by atoms with van der Waals surface area (Å²) in [5.41, 5.74) is 1.03. The minimum absolute atomic E-state index is 0.0324. The van der Waals surface area contributed by atoms with Crippen LogP contribution in [0.4, 0.5) is 0 Å². The SMILES string of the molecule is C=C(C)C(=O)OCCCc1cc(O)n(C(C)CC)c1O. The van der Waals surface area contributed by atoms with E-state index in [1.807, 2.05) is 13.8 Å². The molecule has 112 valence electrons. The number of carbonyl (C=O) groups excluding carboxylic acids is 1. The summed E-state index contributed by atoms with van der Waals surface area (Å²) < 4.78 is 6.49. The molecule has 5 heteroatoms. The second kappa shape index (κ2) is 7.03. The molecule has 1 rings (SSSR count). The van der Waals surface area contributed by atoms with Crippen molar-refractivity contribution < 1.29 is 19.7 Å². The molecule has 0 amide bonds. The Hall–Kier alpha value is -1.91. The number of hydrogen-bond acceptors (Lipinski definition) is 4. The average Bonchev–Trinajstić information content (AvgIpc) is 2.68. The van der Waals surface area contributed by atoms with E-state index in [2.05, 4.69) is 6.58 Å². The highest BCUT2D eigenvalue weighted by Gasteiger charge is 2.17. The van der Waals surface area contributed by atoms with Crippen LogP contribution in [0.3, 0.4) is 0 Å². The van der Waals surface area contributed by atoms with E-state index in [1.54, 1.807) is 13.0 Å². The topological polar surface area (TPSA) is 71.7 Å². The van der Waals surface area contributed by atoms with Gasteiger partial charge in [0.2, 0.25) is 0 Å². The van der Waals surface area contributed by atoms with Crippen LogP contribution in [0.25, 0.3) is 0 Å². The fourth-order valence-electron chi connectivity index (χ4n) is 1.90. The fraction of sp³-hybridized carbons (Fsp3) is 0.533. The molecule has 1 atom stereocenters. The maximum atomic E-state index is 11.2. The maximum absolute atomic E-state index is 11.2. The summed E-state index contributed by atoms with van der Waals surface area (Å²) in [6.45, 7) is 9.27. The van der Waals surface area contributed by atoms with Gasteiger partial charge in [-0.25, -0.2) is 4.79 Å². The summed E-state index contributed by atoms with van der Waals surface area (Å²) in [6, 6.07) is 1.59. The van der Waals surface area contributed by atoms with E-state index >= 15 is 0 Å². The van der Waals surface area contributed by atoms with Crippen molar-refractivity contribution in [2.45, 2.75) is 46.1 Å². The highest BCUT2D eigenvalue weighted by molar-refractivity contribution is 5.86. The van der Waals surface area contributed by atoms with Gasteiger partial charge in [0.05, 0.1) is 6.61 Å². The van der Waals surface area contributed by atoms with Crippen LogP contribution in [0.2, 0.25) is 0 Å². The third-order valence-electron chi connectivity index (χ3n) is 3.27. The second-order valence-corrected chi connectivity index (χ2v) is 5.00. The van der Waals surface area contributed by atoms with Crippen molar-refractivity contribution in [2.75, 3.05) is 6.61 Å². The predicted octanol–water partition coefficient (Wildman–Crippen LogP) is 2.92. The number of aromatic nitrogens is 1. The lowest BCUT2D eigenvalue weighted by atomic mass is 10.2. The zero-order valence-electron chi connectivity index (χ0n) is 12.3. The van der Waals surface area contributed by atoms with Gasteiger partial charge in [0.1, 0.15) is 0 Å². The quantitative estimate of drug-likeness (QED) is 0.458. The monoisotopic (exact) mass is 281 g/mol. The van der Waals surface area contributed by atoms with E-state index < -0.39 is 5.97 Å². The zero-order chi connectivity index (χ0) is 15.3. The van der Waals surface area contributed by atoms with Crippen molar-refractivity contribution >= 4 is 5.97 Å². The van der Waals surface area contributed by atoms with Gasteiger partial charge in [-0.05, 0) is 33.1 Å². The van der Waals surface area contributed by atoms with Gasteiger partial charge in [-0.3, -0.25) is 4.57 Å². The Morgan fingerprint density at radius 2 is 2.15 bits per heavy atom. The molecule has 1 unspecified atom stereocenters. The van der Waals surface area contributed by atoms with E-state index in [4.69, 9.17) is 4.74 Å². The number of esters is 1. The number of rotatable bonds is 7. The van der Waals surface area contributed by atoms with Gasteiger partial charge >= 0.3 is 5.97 Å². The first-order valence-electron chi connectivity index (χ1n) is 6.83. The lowest BCUT2D eigenvalue weighted by Crippen LogP contribution is -2.07. The zero-order valence-corrected chi connectivity index (χ0v) is 12.3. The molecule has 0 aliphatic carbocycles. The summed E-state index contributed by atoms with van der Waals surface area (Å²) in [6.07, 6.45) is 1.92. The van der Waals surface area contributed by atoms with Crippen LogP contribution in [0.15, 0.2) is 18.2 Å². The molecule has 1 aromatic heterocycles. The highest BCUT2D eigenvalue weighted by Crippen LogP contribution is 2.33. The molecule has 0 radical (unpaired) electrons. The Kier molecular flexibility index (Phi) is 5.67. The molecule has 0 saturated carbocycles. The van der Waals surface area contributed by atoms with Gasteiger partial charge < -0.3 is 14.9 Å². The van der Waals surface area contributed by atoms with Crippen molar-refractivity contribution in [3.8, 4) is 11.8 Å². The molecule has 0 aliphatic rings. The molecule has 20 heavy (non-hydrogen) atoms. The van der Waals surface area contributed by atoms with Crippen LogP contribution in [0.5, 0.6) is 11.8 Å². The van der Waals surface area contributed by atoms with E-state index in [-0.39, 0.29) is 24.4 Å². The smallest absolute Gasteiger partial charge is 0.333 e. The fourth-order valence-corrected chi connectivity index (χ4v) is 1.90. The molecule has 0 bridgehead atoms. The molecule has 2 N–H and O–H groups in total. The normalized spacial score (nSPS) is 12.2. The molecule has 0 spiro atoms. The second-order valence-electron chi connectivity index (χ2n) is 5.00. The first-order chi connectivity index (χ1) is 9.38. The Labute approximate surface area is 119 Å². The predicted molar refractivity (Wildman–Crippen MR) is 76.9 cm³/mol. The summed E-state index contributed by atoms with van der Waals surface area (Å²) in [7, 11) is 0. The molecule has 0 saturated heterocycles. The van der Waals surface area contributed by atoms with Gasteiger partial charge in [0, 0.05) is 23.2 Å². The third-order valence-corrected chi connectivity index (χ3v) is 3.27. The van der Waals surface area contributed by atoms with Gasteiger partial charge in [-0.1, -0.05) is 13.5 Å². The third kappa shape index (κ3) is 3.79. The van der Waals surface area contributed by atoms with Crippen LogP contribution in [-0.2, 0) is 16.0 Å². The Balaban J connectivity index is 2.57. The number of aromatic hydroxyl groups is 2. The minimum atomic E-state index is -0.408. The Morgan fingerprint density at radius 3 is 2.70 bits per heavy atom. The van der Waals surface area contributed by atoms with Crippen LogP contribution in [-0.4, -0.2) is 27.4 Å². The van der Waals surface area contributed by atoms with E-state index in [1.165, 1.54) is 4.57 Å². The summed E-state index contributed by atoms with van der Waals surface area (Å²) in [5.74, 6) is -0.261. The van der Waals surface area contributed by atoms with E-state index in [0.29, 0.717) is 24.0 Å². The largest absolute Gasteiger partial charge is 0.494 e. The summed E-state index contributed by atoms with van der Waals surface area (Å²) in [4.78, 5) is 11.2. The maximum Gasteiger partial charge on any atom is 0.333 e. The van der Waals surface area contributed by atoms with Crippen molar-refractivity contribution in [3.05, 3.63) is 23.8 Å². The molecule has 0 aromatic carbocycles. The minimum Gasteiger partial charge on any atom is -0.494 e. The molecular weight excluding hydrogens is 258 g/mol.